The van der Waals surface area contributed by atoms with Crippen molar-refractivity contribution in [2.75, 3.05) is 0 Å². The van der Waals surface area contributed by atoms with Gasteiger partial charge in [0, 0.05) is 18.0 Å². The molecule has 2 nitrogen and oxygen atoms in total. The molecule has 0 aliphatic rings. The standard InChI is InChI=1S/C12H11FN2/c1-8-5-10(7-11(13)6-8)9(2)12-14-3-4-15-12/h3-7H,2H2,1H3,(H,14,15). The van der Waals surface area contributed by atoms with Crippen LogP contribution in [0, 0.1) is 12.7 Å². The summed E-state index contributed by atoms with van der Waals surface area (Å²) in [6.45, 7) is 5.74. The average Bonchev–Trinajstić information content (AvgIpc) is 2.67. The molecule has 1 aromatic carbocycles. The zero-order valence-electron chi connectivity index (χ0n) is 8.42. The van der Waals surface area contributed by atoms with Gasteiger partial charge in [-0.05, 0) is 30.2 Å². The van der Waals surface area contributed by atoms with Crippen molar-refractivity contribution in [2.45, 2.75) is 6.92 Å². The average molecular weight is 202 g/mol. The molecule has 0 aliphatic carbocycles. The number of nitrogens with one attached hydrogen (secondary N) is 1. The summed E-state index contributed by atoms with van der Waals surface area (Å²) in [5.74, 6) is 0.415. The molecule has 0 bridgehead atoms. The molecule has 1 heterocycles. The normalized spacial score (nSPS) is 10.3. The summed E-state index contributed by atoms with van der Waals surface area (Å²) in [5, 5.41) is 0. The zero-order valence-corrected chi connectivity index (χ0v) is 8.42. The third-order valence-electron chi connectivity index (χ3n) is 2.17. The Bertz CT molecular complexity index is 466. The van der Waals surface area contributed by atoms with E-state index in [9.17, 15) is 4.39 Å². The second-order valence-electron chi connectivity index (χ2n) is 3.43. The van der Waals surface area contributed by atoms with Crippen LogP contribution in [0.3, 0.4) is 0 Å². The second kappa shape index (κ2) is 3.69. The Kier molecular flexibility index (Phi) is 2.37. The molecular formula is C12H11FN2. The highest BCUT2D eigenvalue weighted by molar-refractivity contribution is 5.74. The number of aromatic nitrogens is 2. The number of hydrogen-bond acceptors (Lipinski definition) is 1. The highest BCUT2D eigenvalue weighted by Crippen LogP contribution is 2.20. The Balaban J connectivity index is 2.42. The third kappa shape index (κ3) is 1.96. The molecule has 0 unspecified atom stereocenters. The van der Waals surface area contributed by atoms with Crippen LogP contribution in [-0.2, 0) is 0 Å². The van der Waals surface area contributed by atoms with Crippen LogP contribution in [0.15, 0.2) is 37.2 Å². The van der Waals surface area contributed by atoms with Crippen LogP contribution in [0.1, 0.15) is 17.0 Å². The molecule has 0 spiro atoms. The molecule has 0 radical (unpaired) electrons. The molecule has 2 aromatic rings. The molecule has 0 atom stereocenters. The largest absolute Gasteiger partial charge is 0.345 e. The number of nitrogens with zero attached hydrogens (tertiary/aromatic N) is 1. The Hall–Kier alpha value is -1.90. The van der Waals surface area contributed by atoms with E-state index in [4.69, 9.17) is 0 Å². The molecule has 0 saturated heterocycles. The molecule has 2 rings (SSSR count). The van der Waals surface area contributed by atoms with Gasteiger partial charge in [-0.3, -0.25) is 0 Å². The lowest BCUT2D eigenvalue weighted by Gasteiger charge is -2.04. The zero-order chi connectivity index (χ0) is 10.8. The van der Waals surface area contributed by atoms with Crippen LogP contribution in [0.5, 0.6) is 0 Å². The fourth-order valence-corrected chi connectivity index (χ4v) is 1.48. The van der Waals surface area contributed by atoms with Crippen molar-refractivity contribution in [3.63, 3.8) is 0 Å². The van der Waals surface area contributed by atoms with Gasteiger partial charge in [0.25, 0.3) is 0 Å². The minimum absolute atomic E-state index is 0.252. The highest BCUT2D eigenvalue weighted by Gasteiger charge is 2.06. The van der Waals surface area contributed by atoms with Crippen LogP contribution in [0.2, 0.25) is 0 Å². The number of hydrogen-bond donors (Lipinski definition) is 1. The van der Waals surface area contributed by atoms with Crippen LogP contribution >= 0.6 is 0 Å². The Morgan fingerprint density at radius 3 is 2.80 bits per heavy atom. The molecule has 1 N–H and O–H groups in total. The summed E-state index contributed by atoms with van der Waals surface area (Å²) in [6, 6.07) is 4.82. The summed E-state index contributed by atoms with van der Waals surface area (Å²) in [7, 11) is 0. The first-order chi connectivity index (χ1) is 7.16. The Morgan fingerprint density at radius 1 is 1.40 bits per heavy atom. The van der Waals surface area contributed by atoms with Crippen molar-refractivity contribution in [2.24, 2.45) is 0 Å². The maximum absolute atomic E-state index is 13.2. The van der Waals surface area contributed by atoms with Crippen LogP contribution in [0.25, 0.3) is 5.57 Å². The molecule has 15 heavy (non-hydrogen) atoms. The number of halogens is 1. The first-order valence-corrected chi connectivity index (χ1v) is 4.63. The molecule has 0 saturated carbocycles. The van der Waals surface area contributed by atoms with E-state index < -0.39 is 0 Å². The fraction of sp³-hybridized carbons (Fsp3) is 0.0833. The summed E-state index contributed by atoms with van der Waals surface area (Å²) in [6.07, 6.45) is 3.36. The van der Waals surface area contributed by atoms with Crippen molar-refractivity contribution in [1.29, 1.82) is 0 Å². The quantitative estimate of drug-likeness (QED) is 0.796. The van der Waals surface area contributed by atoms with Gasteiger partial charge >= 0.3 is 0 Å². The van der Waals surface area contributed by atoms with E-state index in [0.29, 0.717) is 11.4 Å². The monoisotopic (exact) mass is 202 g/mol. The molecule has 76 valence electrons. The number of imidazole rings is 1. The van der Waals surface area contributed by atoms with Crippen molar-refractivity contribution in [3.8, 4) is 0 Å². The fourth-order valence-electron chi connectivity index (χ4n) is 1.48. The lowest BCUT2D eigenvalue weighted by Crippen LogP contribution is -1.91. The van der Waals surface area contributed by atoms with E-state index in [-0.39, 0.29) is 5.82 Å². The molecule has 3 heteroatoms. The maximum Gasteiger partial charge on any atom is 0.137 e. The molecule has 0 amide bonds. The summed E-state index contributed by atoms with van der Waals surface area (Å²) < 4.78 is 13.2. The van der Waals surface area contributed by atoms with Crippen LogP contribution < -0.4 is 0 Å². The van der Waals surface area contributed by atoms with E-state index in [0.717, 1.165) is 11.1 Å². The predicted octanol–water partition coefficient (Wildman–Crippen LogP) is 2.92. The topological polar surface area (TPSA) is 28.7 Å². The first-order valence-electron chi connectivity index (χ1n) is 4.63. The Morgan fingerprint density at radius 2 is 2.20 bits per heavy atom. The summed E-state index contributed by atoms with van der Waals surface area (Å²) >= 11 is 0. The molecule has 0 aliphatic heterocycles. The van der Waals surface area contributed by atoms with Crippen LogP contribution in [-0.4, -0.2) is 9.97 Å². The van der Waals surface area contributed by atoms with Gasteiger partial charge < -0.3 is 4.98 Å². The van der Waals surface area contributed by atoms with Gasteiger partial charge in [0.05, 0.1) is 0 Å². The van der Waals surface area contributed by atoms with E-state index in [1.807, 2.05) is 13.0 Å². The van der Waals surface area contributed by atoms with Crippen molar-refractivity contribution >= 4 is 5.57 Å². The lowest BCUT2D eigenvalue weighted by molar-refractivity contribution is 0.626. The minimum Gasteiger partial charge on any atom is -0.345 e. The van der Waals surface area contributed by atoms with Crippen LogP contribution in [0.4, 0.5) is 4.39 Å². The molecule has 0 fully saturated rings. The molecule has 1 aromatic heterocycles. The van der Waals surface area contributed by atoms with Gasteiger partial charge in [0.2, 0.25) is 0 Å². The van der Waals surface area contributed by atoms with E-state index in [2.05, 4.69) is 16.5 Å². The van der Waals surface area contributed by atoms with Crippen molar-refractivity contribution < 1.29 is 4.39 Å². The first kappa shape index (κ1) is 9.65. The SMILES string of the molecule is C=C(c1cc(C)cc(F)c1)c1ncc[nH]1. The lowest BCUT2D eigenvalue weighted by atomic mass is 10.0. The summed E-state index contributed by atoms with van der Waals surface area (Å²) in [4.78, 5) is 7.02. The maximum atomic E-state index is 13.2. The number of aryl methyl sites for hydroxylation is 1. The summed E-state index contributed by atoms with van der Waals surface area (Å²) in [5.41, 5.74) is 2.32. The van der Waals surface area contributed by atoms with E-state index in [1.54, 1.807) is 12.4 Å². The van der Waals surface area contributed by atoms with Crippen molar-refractivity contribution in [1.82, 2.24) is 9.97 Å². The third-order valence-corrected chi connectivity index (χ3v) is 2.17. The minimum atomic E-state index is -0.252. The predicted molar refractivity (Wildman–Crippen MR) is 57.9 cm³/mol. The van der Waals surface area contributed by atoms with Gasteiger partial charge in [-0.1, -0.05) is 12.6 Å². The number of H-pyrrole nitrogens is 1. The van der Waals surface area contributed by atoms with Gasteiger partial charge in [-0.25, -0.2) is 9.37 Å². The Labute approximate surface area is 87.5 Å². The van der Waals surface area contributed by atoms with Gasteiger partial charge in [0.1, 0.15) is 11.6 Å². The number of benzene rings is 1. The second-order valence-corrected chi connectivity index (χ2v) is 3.43. The van der Waals surface area contributed by atoms with Crippen molar-refractivity contribution in [3.05, 3.63) is 59.9 Å². The van der Waals surface area contributed by atoms with Gasteiger partial charge in [0.15, 0.2) is 0 Å². The van der Waals surface area contributed by atoms with E-state index >= 15 is 0 Å². The smallest absolute Gasteiger partial charge is 0.137 e. The van der Waals surface area contributed by atoms with E-state index in [1.165, 1.54) is 12.1 Å². The van der Waals surface area contributed by atoms with Gasteiger partial charge in [-0.2, -0.15) is 0 Å². The molecular weight excluding hydrogens is 191 g/mol. The highest BCUT2D eigenvalue weighted by atomic mass is 19.1. The van der Waals surface area contributed by atoms with Gasteiger partial charge in [-0.15, -0.1) is 0 Å². The number of rotatable bonds is 2. The number of aromatic amines is 1.